The van der Waals surface area contributed by atoms with E-state index in [9.17, 15) is 24.6 Å². The Morgan fingerprint density at radius 3 is 1.97 bits per heavy atom. The third-order valence-corrected chi connectivity index (χ3v) is 5.50. The van der Waals surface area contributed by atoms with Crippen LogP contribution >= 0.6 is 0 Å². The zero-order valence-corrected chi connectivity index (χ0v) is 20.1. The molecule has 0 atom stereocenters. The fraction of sp³-hybridized carbons (Fsp3) is 0.423. The Morgan fingerprint density at radius 2 is 1.38 bits per heavy atom. The summed E-state index contributed by atoms with van der Waals surface area (Å²) >= 11 is 0. The molecule has 0 bridgehead atoms. The number of carbonyl (C=O) groups is 3. The lowest BCUT2D eigenvalue weighted by atomic mass is 9.99. The average Bonchev–Trinajstić information content (AvgIpc) is 2.81. The van der Waals surface area contributed by atoms with Crippen LogP contribution in [0.1, 0.15) is 77.8 Å². The summed E-state index contributed by atoms with van der Waals surface area (Å²) in [7, 11) is 2.66. The van der Waals surface area contributed by atoms with Gasteiger partial charge in [0.05, 0.1) is 14.2 Å². The smallest absolute Gasteiger partial charge is 0.347 e. The fourth-order valence-corrected chi connectivity index (χ4v) is 3.63. The summed E-state index contributed by atoms with van der Waals surface area (Å²) in [5.41, 5.74) is 0.844. The SMILES string of the molecule is CCCCCc1cc(OC(=O)c2c(O)cc(OC)cc2CCC(=O)CC)cc(O)c1C(=O)OC. The van der Waals surface area contributed by atoms with Gasteiger partial charge in [0.15, 0.2) is 0 Å². The lowest BCUT2D eigenvalue weighted by Gasteiger charge is -2.15. The van der Waals surface area contributed by atoms with Crippen molar-refractivity contribution in [1.29, 1.82) is 0 Å². The molecule has 0 amide bonds. The van der Waals surface area contributed by atoms with Crippen molar-refractivity contribution in [2.75, 3.05) is 14.2 Å². The molecule has 0 saturated carbocycles. The van der Waals surface area contributed by atoms with Crippen molar-refractivity contribution >= 4 is 17.7 Å². The molecule has 184 valence electrons. The van der Waals surface area contributed by atoms with Crippen LogP contribution in [0.2, 0.25) is 0 Å². The molecule has 2 N–H and O–H groups in total. The van der Waals surface area contributed by atoms with Gasteiger partial charge in [-0.25, -0.2) is 9.59 Å². The first-order valence-electron chi connectivity index (χ1n) is 11.3. The highest BCUT2D eigenvalue weighted by Crippen LogP contribution is 2.33. The van der Waals surface area contributed by atoms with Gasteiger partial charge in [0.25, 0.3) is 0 Å². The van der Waals surface area contributed by atoms with Crippen LogP contribution in [0, 0.1) is 0 Å². The van der Waals surface area contributed by atoms with E-state index in [-0.39, 0.29) is 47.0 Å². The van der Waals surface area contributed by atoms with Crippen molar-refractivity contribution in [1.82, 2.24) is 0 Å². The summed E-state index contributed by atoms with van der Waals surface area (Å²) in [6.45, 7) is 3.80. The number of phenols is 2. The molecule has 0 unspecified atom stereocenters. The molecule has 34 heavy (non-hydrogen) atoms. The van der Waals surface area contributed by atoms with Gasteiger partial charge >= 0.3 is 11.9 Å². The Hall–Kier alpha value is -3.55. The zero-order valence-electron chi connectivity index (χ0n) is 20.1. The number of Topliss-reactive ketones (excluding diaryl/α,β-unsaturated/α-hetero) is 1. The van der Waals surface area contributed by atoms with Gasteiger partial charge in [-0.05, 0) is 42.5 Å². The molecular formula is C26H32O8. The van der Waals surface area contributed by atoms with Crippen LogP contribution < -0.4 is 9.47 Å². The summed E-state index contributed by atoms with van der Waals surface area (Å²) in [5, 5.41) is 21.0. The summed E-state index contributed by atoms with van der Waals surface area (Å²) in [6.07, 6.45) is 3.92. The van der Waals surface area contributed by atoms with Gasteiger partial charge < -0.3 is 24.4 Å². The second kappa shape index (κ2) is 12.6. The number of ether oxygens (including phenoxy) is 3. The van der Waals surface area contributed by atoms with Crippen LogP contribution in [-0.4, -0.2) is 42.2 Å². The van der Waals surface area contributed by atoms with Crippen molar-refractivity contribution < 1.29 is 38.8 Å². The second-order valence-electron chi connectivity index (χ2n) is 7.89. The van der Waals surface area contributed by atoms with Gasteiger partial charge in [-0.2, -0.15) is 0 Å². The molecule has 0 aliphatic carbocycles. The third-order valence-electron chi connectivity index (χ3n) is 5.50. The van der Waals surface area contributed by atoms with Crippen LogP contribution in [0.3, 0.4) is 0 Å². The Labute approximate surface area is 199 Å². The molecule has 0 radical (unpaired) electrons. The molecule has 8 heteroatoms. The average molecular weight is 473 g/mol. The van der Waals surface area contributed by atoms with Crippen molar-refractivity contribution in [3.8, 4) is 23.0 Å². The van der Waals surface area contributed by atoms with Gasteiger partial charge in [0, 0.05) is 25.0 Å². The number of hydrogen-bond donors (Lipinski definition) is 2. The summed E-state index contributed by atoms with van der Waals surface area (Å²) in [4.78, 5) is 37.0. The third kappa shape index (κ3) is 6.73. The topological polar surface area (TPSA) is 119 Å². The summed E-state index contributed by atoms with van der Waals surface area (Å²) in [5.74, 6) is -1.87. The van der Waals surface area contributed by atoms with Gasteiger partial charge in [-0.3, -0.25) is 4.79 Å². The van der Waals surface area contributed by atoms with Gasteiger partial charge in [-0.15, -0.1) is 0 Å². The standard InChI is InChI=1S/C26H32O8/c1-5-7-8-9-16-13-20(15-22(29)23(16)25(30)33-4)34-26(31)24-17(10-11-18(27)6-2)12-19(32-3)14-21(24)28/h12-15,28-29H,5-11H2,1-4H3. The molecule has 2 aromatic carbocycles. The fourth-order valence-electron chi connectivity index (χ4n) is 3.63. The first kappa shape index (κ1) is 26.7. The van der Waals surface area contributed by atoms with E-state index in [1.54, 1.807) is 13.0 Å². The van der Waals surface area contributed by atoms with Crippen LogP contribution in [0.5, 0.6) is 23.0 Å². The number of ketones is 1. The number of unbranched alkanes of at least 4 members (excludes halogenated alkanes) is 2. The highest BCUT2D eigenvalue weighted by atomic mass is 16.5. The first-order chi connectivity index (χ1) is 16.2. The Bertz CT molecular complexity index is 1040. The minimum Gasteiger partial charge on any atom is -0.507 e. The summed E-state index contributed by atoms with van der Waals surface area (Å²) in [6, 6.07) is 5.54. The number of methoxy groups -OCH3 is 2. The molecule has 2 rings (SSSR count). The van der Waals surface area contributed by atoms with E-state index in [1.165, 1.54) is 26.4 Å². The van der Waals surface area contributed by atoms with E-state index in [2.05, 4.69) is 0 Å². The number of carbonyl (C=O) groups excluding carboxylic acids is 3. The molecule has 0 saturated heterocycles. The zero-order chi connectivity index (χ0) is 25.3. The minimum atomic E-state index is -0.858. The molecule has 0 heterocycles. The molecule has 0 aromatic heterocycles. The number of hydrogen-bond acceptors (Lipinski definition) is 8. The number of esters is 2. The monoisotopic (exact) mass is 472 g/mol. The van der Waals surface area contributed by atoms with Crippen LogP contribution in [0.25, 0.3) is 0 Å². The number of benzene rings is 2. The van der Waals surface area contributed by atoms with E-state index in [1.807, 2.05) is 6.92 Å². The predicted molar refractivity (Wildman–Crippen MR) is 126 cm³/mol. The molecular weight excluding hydrogens is 440 g/mol. The Kier molecular flexibility index (Phi) is 9.92. The lowest BCUT2D eigenvalue weighted by Crippen LogP contribution is -2.14. The van der Waals surface area contributed by atoms with Crippen LogP contribution in [0.4, 0.5) is 0 Å². The van der Waals surface area contributed by atoms with E-state index in [4.69, 9.17) is 14.2 Å². The Balaban J connectivity index is 2.42. The highest BCUT2D eigenvalue weighted by molar-refractivity contribution is 5.97. The number of aryl methyl sites for hydroxylation is 2. The number of phenolic OH excluding ortho intramolecular Hbond substituents is 2. The molecule has 0 spiro atoms. The van der Waals surface area contributed by atoms with Crippen molar-refractivity contribution in [3.05, 3.63) is 46.5 Å². The largest absolute Gasteiger partial charge is 0.507 e. The predicted octanol–water partition coefficient (Wildman–Crippen LogP) is 4.76. The van der Waals surface area contributed by atoms with Crippen molar-refractivity contribution in [3.63, 3.8) is 0 Å². The number of rotatable bonds is 12. The quantitative estimate of drug-likeness (QED) is 0.258. The first-order valence-corrected chi connectivity index (χ1v) is 11.3. The van der Waals surface area contributed by atoms with Gasteiger partial charge in [0.1, 0.15) is 39.9 Å². The molecule has 0 aliphatic rings. The van der Waals surface area contributed by atoms with Crippen LogP contribution in [0.15, 0.2) is 24.3 Å². The van der Waals surface area contributed by atoms with E-state index >= 15 is 0 Å². The molecule has 0 fully saturated rings. The van der Waals surface area contributed by atoms with Crippen LogP contribution in [-0.2, 0) is 22.4 Å². The lowest BCUT2D eigenvalue weighted by molar-refractivity contribution is -0.118. The Morgan fingerprint density at radius 1 is 0.794 bits per heavy atom. The molecule has 0 aliphatic heterocycles. The minimum absolute atomic E-state index is 0.0154. The van der Waals surface area contributed by atoms with E-state index in [0.717, 1.165) is 25.3 Å². The molecule has 2 aromatic rings. The van der Waals surface area contributed by atoms with E-state index < -0.39 is 11.9 Å². The van der Waals surface area contributed by atoms with Gasteiger partial charge in [0.2, 0.25) is 0 Å². The normalized spacial score (nSPS) is 10.6. The second-order valence-corrected chi connectivity index (χ2v) is 7.89. The molecule has 8 nitrogen and oxygen atoms in total. The van der Waals surface area contributed by atoms with E-state index in [0.29, 0.717) is 29.7 Å². The maximum atomic E-state index is 13.0. The summed E-state index contributed by atoms with van der Waals surface area (Å²) < 4.78 is 15.4. The maximum Gasteiger partial charge on any atom is 0.347 e. The van der Waals surface area contributed by atoms with Gasteiger partial charge in [-0.1, -0.05) is 26.7 Å². The number of aromatic hydroxyl groups is 2. The van der Waals surface area contributed by atoms with Crippen molar-refractivity contribution in [2.24, 2.45) is 0 Å². The van der Waals surface area contributed by atoms with Crippen molar-refractivity contribution in [2.45, 2.75) is 58.8 Å². The highest BCUT2D eigenvalue weighted by Gasteiger charge is 2.23. The maximum absolute atomic E-state index is 13.0.